The molecule has 144 valence electrons. The fraction of sp³-hybridized carbons (Fsp3) is 0.150. The molecular formula is C20H17ClN2O3S2. The first kappa shape index (κ1) is 19.0. The number of nitrogens with one attached hydrogen (secondary N) is 1. The Morgan fingerprint density at radius 2 is 1.86 bits per heavy atom. The van der Waals surface area contributed by atoms with Crippen molar-refractivity contribution >= 4 is 50.2 Å². The van der Waals surface area contributed by atoms with Crippen molar-refractivity contribution in [2.45, 2.75) is 17.7 Å². The molecule has 0 aliphatic carbocycles. The van der Waals surface area contributed by atoms with Crippen LogP contribution in [0.4, 0.5) is 11.4 Å². The van der Waals surface area contributed by atoms with Crippen LogP contribution in [0.3, 0.4) is 0 Å². The van der Waals surface area contributed by atoms with E-state index >= 15 is 0 Å². The topological polar surface area (TPSA) is 66.5 Å². The third-order valence-corrected chi connectivity index (χ3v) is 7.60. The van der Waals surface area contributed by atoms with Gasteiger partial charge >= 0.3 is 0 Å². The first-order chi connectivity index (χ1) is 13.4. The molecule has 1 aliphatic rings. The molecule has 4 rings (SSSR count). The summed E-state index contributed by atoms with van der Waals surface area (Å²) in [7, 11) is -3.62. The van der Waals surface area contributed by atoms with Gasteiger partial charge in [-0.2, -0.15) is 0 Å². The second-order valence-corrected chi connectivity index (χ2v) is 9.97. The Balaban J connectivity index is 1.62. The molecule has 1 aliphatic heterocycles. The fourth-order valence-electron chi connectivity index (χ4n) is 3.24. The molecule has 0 fully saturated rings. The second-order valence-electron chi connectivity index (χ2n) is 6.40. The summed E-state index contributed by atoms with van der Waals surface area (Å²) in [4.78, 5) is 13.1. The predicted octanol–water partition coefficient (Wildman–Crippen LogP) is 4.80. The lowest BCUT2D eigenvalue weighted by Gasteiger charge is -2.30. The van der Waals surface area contributed by atoms with E-state index in [1.807, 2.05) is 6.07 Å². The molecule has 1 N–H and O–H groups in total. The molecule has 2 heterocycles. The monoisotopic (exact) mass is 432 g/mol. The van der Waals surface area contributed by atoms with Crippen molar-refractivity contribution in [2.24, 2.45) is 0 Å². The Hall–Kier alpha value is -2.35. The molecule has 0 radical (unpaired) electrons. The van der Waals surface area contributed by atoms with Crippen LogP contribution in [0.1, 0.15) is 21.7 Å². The van der Waals surface area contributed by atoms with Gasteiger partial charge in [0.05, 0.1) is 19.8 Å². The van der Waals surface area contributed by atoms with Crippen LogP contribution in [-0.4, -0.2) is 20.9 Å². The van der Waals surface area contributed by atoms with Gasteiger partial charge < -0.3 is 5.32 Å². The highest BCUT2D eigenvalue weighted by Crippen LogP contribution is 2.34. The zero-order valence-corrected chi connectivity index (χ0v) is 17.2. The number of anilines is 2. The van der Waals surface area contributed by atoms with Crippen molar-refractivity contribution in [1.82, 2.24) is 0 Å². The predicted molar refractivity (Wildman–Crippen MR) is 113 cm³/mol. The molecule has 0 spiro atoms. The highest BCUT2D eigenvalue weighted by Gasteiger charge is 2.29. The molecule has 1 amide bonds. The van der Waals surface area contributed by atoms with Crippen LogP contribution in [0.25, 0.3) is 0 Å². The van der Waals surface area contributed by atoms with Crippen molar-refractivity contribution < 1.29 is 13.2 Å². The second kappa shape index (κ2) is 7.58. The van der Waals surface area contributed by atoms with Gasteiger partial charge in [-0.05, 0) is 60.9 Å². The molecular weight excluding hydrogens is 416 g/mol. The van der Waals surface area contributed by atoms with Gasteiger partial charge in [0.25, 0.3) is 15.9 Å². The van der Waals surface area contributed by atoms with Gasteiger partial charge in [-0.25, -0.2) is 8.42 Å². The Bertz CT molecular complexity index is 1130. The van der Waals surface area contributed by atoms with Crippen LogP contribution < -0.4 is 9.62 Å². The quantitative estimate of drug-likeness (QED) is 0.644. The van der Waals surface area contributed by atoms with E-state index in [1.165, 1.54) is 15.6 Å². The molecule has 1 aromatic heterocycles. The third-order valence-electron chi connectivity index (χ3n) is 4.54. The van der Waals surface area contributed by atoms with Gasteiger partial charge in [-0.1, -0.05) is 29.8 Å². The van der Waals surface area contributed by atoms with E-state index < -0.39 is 10.0 Å². The number of nitrogens with zero attached hydrogens (tertiary/aromatic N) is 1. The maximum absolute atomic E-state index is 13.0. The maximum Gasteiger partial charge on any atom is 0.265 e. The average molecular weight is 433 g/mol. The lowest BCUT2D eigenvalue weighted by molar-refractivity contribution is 0.103. The molecule has 5 nitrogen and oxygen atoms in total. The number of thiophene rings is 1. The van der Waals surface area contributed by atoms with Crippen LogP contribution in [0.2, 0.25) is 4.34 Å². The number of hydrogen-bond donors (Lipinski definition) is 1. The SMILES string of the molecule is O=C(Nc1ccc2c(c1)CCCN2S(=O)(=O)c1ccccc1)c1ccc(Cl)s1. The summed E-state index contributed by atoms with van der Waals surface area (Å²) in [6.07, 6.45) is 1.47. The number of rotatable bonds is 4. The zero-order chi connectivity index (χ0) is 19.7. The lowest BCUT2D eigenvalue weighted by atomic mass is 10.0. The molecule has 0 unspecified atom stereocenters. The number of carbonyl (C=O) groups is 1. The summed E-state index contributed by atoms with van der Waals surface area (Å²) in [5.74, 6) is -0.235. The van der Waals surface area contributed by atoms with E-state index in [1.54, 1.807) is 54.6 Å². The van der Waals surface area contributed by atoms with Crippen molar-refractivity contribution in [3.05, 3.63) is 75.4 Å². The molecule has 3 aromatic rings. The van der Waals surface area contributed by atoms with E-state index in [4.69, 9.17) is 11.6 Å². The first-order valence-electron chi connectivity index (χ1n) is 8.72. The molecule has 0 atom stereocenters. The lowest BCUT2D eigenvalue weighted by Crippen LogP contribution is -2.35. The molecule has 0 bridgehead atoms. The Labute approximate surface area is 172 Å². The summed E-state index contributed by atoms with van der Waals surface area (Å²) in [5.41, 5.74) is 2.19. The number of fused-ring (bicyclic) bond motifs is 1. The van der Waals surface area contributed by atoms with Crippen molar-refractivity contribution in [1.29, 1.82) is 0 Å². The van der Waals surface area contributed by atoms with Crippen LogP contribution in [-0.2, 0) is 16.4 Å². The molecule has 0 saturated heterocycles. The smallest absolute Gasteiger partial charge is 0.265 e. The highest BCUT2D eigenvalue weighted by atomic mass is 35.5. The minimum atomic E-state index is -3.62. The van der Waals surface area contributed by atoms with Crippen molar-refractivity contribution in [3.8, 4) is 0 Å². The number of amides is 1. The number of aryl methyl sites for hydroxylation is 1. The minimum absolute atomic E-state index is 0.235. The van der Waals surface area contributed by atoms with Crippen molar-refractivity contribution in [2.75, 3.05) is 16.2 Å². The van der Waals surface area contributed by atoms with Gasteiger partial charge in [0.1, 0.15) is 0 Å². The van der Waals surface area contributed by atoms with E-state index in [-0.39, 0.29) is 10.8 Å². The summed E-state index contributed by atoms with van der Waals surface area (Å²) in [6.45, 7) is 0.434. The number of halogens is 1. The van der Waals surface area contributed by atoms with Gasteiger partial charge in [0, 0.05) is 12.2 Å². The largest absolute Gasteiger partial charge is 0.321 e. The highest BCUT2D eigenvalue weighted by molar-refractivity contribution is 7.92. The minimum Gasteiger partial charge on any atom is -0.321 e. The summed E-state index contributed by atoms with van der Waals surface area (Å²) < 4.78 is 28.1. The zero-order valence-electron chi connectivity index (χ0n) is 14.8. The fourth-order valence-corrected chi connectivity index (χ4v) is 5.74. The van der Waals surface area contributed by atoms with E-state index in [9.17, 15) is 13.2 Å². The van der Waals surface area contributed by atoms with Gasteiger partial charge in [-0.3, -0.25) is 9.10 Å². The van der Waals surface area contributed by atoms with Crippen LogP contribution in [0, 0.1) is 0 Å². The van der Waals surface area contributed by atoms with E-state index in [0.29, 0.717) is 27.1 Å². The first-order valence-corrected chi connectivity index (χ1v) is 11.4. The van der Waals surface area contributed by atoms with E-state index in [2.05, 4.69) is 5.32 Å². The Kier molecular flexibility index (Phi) is 5.14. The molecule has 8 heteroatoms. The molecule has 28 heavy (non-hydrogen) atoms. The number of benzene rings is 2. The summed E-state index contributed by atoms with van der Waals surface area (Å²) in [6, 6.07) is 17.1. The third kappa shape index (κ3) is 3.65. The number of hydrogen-bond acceptors (Lipinski definition) is 4. The van der Waals surface area contributed by atoms with Gasteiger partial charge in [0.2, 0.25) is 0 Å². The van der Waals surface area contributed by atoms with Crippen molar-refractivity contribution in [3.63, 3.8) is 0 Å². The Morgan fingerprint density at radius 3 is 2.57 bits per heavy atom. The Morgan fingerprint density at radius 1 is 1.07 bits per heavy atom. The van der Waals surface area contributed by atoms with Crippen LogP contribution in [0.15, 0.2) is 65.6 Å². The molecule has 2 aromatic carbocycles. The van der Waals surface area contributed by atoms with Crippen LogP contribution in [0.5, 0.6) is 0 Å². The summed E-state index contributed by atoms with van der Waals surface area (Å²) >= 11 is 7.10. The van der Waals surface area contributed by atoms with E-state index in [0.717, 1.165) is 18.4 Å². The number of carbonyl (C=O) groups excluding carboxylic acids is 1. The van der Waals surface area contributed by atoms with Gasteiger partial charge in [0.15, 0.2) is 0 Å². The normalized spacial score (nSPS) is 13.8. The average Bonchev–Trinajstić information content (AvgIpc) is 3.14. The molecule has 0 saturated carbocycles. The standard InChI is InChI=1S/C20H17ClN2O3S2/c21-19-11-10-18(27-19)20(24)22-15-8-9-17-14(13-15)5-4-12-23(17)28(25,26)16-6-2-1-3-7-16/h1-3,6-11,13H,4-5,12H2,(H,22,24). The van der Waals surface area contributed by atoms with Crippen LogP contribution >= 0.6 is 22.9 Å². The number of sulfonamides is 1. The van der Waals surface area contributed by atoms with Gasteiger partial charge in [-0.15, -0.1) is 11.3 Å². The summed E-state index contributed by atoms with van der Waals surface area (Å²) in [5, 5.41) is 2.85. The maximum atomic E-state index is 13.0.